The van der Waals surface area contributed by atoms with Crippen molar-refractivity contribution in [2.24, 2.45) is 4.99 Å². The van der Waals surface area contributed by atoms with Crippen molar-refractivity contribution in [3.8, 4) is 5.75 Å². The second kappa shape index (κ2) is 3.46. The highest BCUT2D eigenvalue weighted by atomic mass is 16.3. The molecule has 70 valence electrons. The second-order valence-electron chi connectivity index (χ2n) is 3.10. The number of carbonyl (C=O) groups excluding carboxylic acids is 1. The fraction of sp³-hybridized carbons (Fsp3) is 0.0909. The standard InChI is InChI=1S/C11H9NO2/c13-10-3-1-2-8(6-10)9-4-5-11(14)12-7-9/h1-7,9,13H. The van der Waals surface area contributed by atoms with Gasteiger partial charge in [0.2, 0.25) is 0 Å². The highest BCUT2D eigenvalue weighted by molar-refractivity contribution is 5.98. The van der Waals surface area contributed by atoms with Crippen LogP contribution in [0.3, 0.4) is 0 Å². The van der Waals surface area contributed by atoms with Gasteiger partial charge in [0.1, 0.15) is 5.75 Å². The third-order valence-electron chi connectivity index (χ3n) is 2.06. The molecule has 1 unspecified atom stereocenters. The number of allylic oxidation sites excluding steroid dienone is 1. The second-order valence-corrected chi connectivity index (χ2v) is 3.10. The molecule has 0 spiro atoms. The average Bonchev–Trinajstić information content (AvgIpc) is 2.19. The first-order chi connectivity index (χ1) is 6.75. The van der Waals surface area contributed by atoms with Crippen molar-refractivity contribution in [1.82, 2.24) is 0 Å². The van der Waals surface area contributed by atoms with Crippen LogP contribution in [0.5, 0.6) is 5.75 Å². The monoisotopic (exact) mass is 187 g/mol. The Labute approximate surface area is 81.4 Å². The van der Waals surface area contributed by atoms with Gasteiger partial charge in [-0.05, 0) is 17.7 Å². The molecular formula is C11H9NO2. The van der Waals surface area contributed by atoms with Crippen LogP contribution in [0.25, 0.3) is 0 Å². The summed E-state index contributed by atoms with van der Waals surface area (Å²) in [7, 11) is 0. The van der Waals surface area contributed by atoms with E-state index >= 15 is 0 Å². The lowest BCUT2D eigenvalue weighted by Gasteiger charge is -2.09. The van der Waals surface area contributed by atoms with Gasteiger partial charge in [0.15, 0.2) is 0 Å². The molecule has 14 heavy (non-hydrogen) atoms. The maximum absolute atomic E-state index is 10.8. The Morgan fingerprint density at radius 1 is 1.36 bits per heavy atom. The van der Waals surface area contributed by atoms with E-state index < -0.39 is 0 Å². The van der Waals surface area contributed by atoms with Gasteiger partial charge in [-0.2, -0.15) is 0 Å². The molecule has 0 fully saturated rings. The van der Waals surface area contributed by atoms with Crippen molar-refractivity contribution < 1.29 is 9.90 Å². The Kier molecular flexibility index (Phi) is 2.14. The number of aliphatic imine (C=N–C) groups is 1. The molecule has 0 aliphatic carbocycles. The summed E-state index contributed by atoms with van der Waals surface area (Å²) in [6.45, 7) is 0. The lowest BCUT2D eigenvalue weighted by atomic mass is 9.98. The molecule has 0 radical (unpaired) electrons. The molecule has 1 amide bonds. The molecule has 0 saturated heterocycles. The van der Waals surface area contributed by atoms with Crippen LogP contribution in [0, 0.1) is 0 Å². The first-order valence-electron chi connectivity index (χ1n) is 4.31. The Morgan fingerprint density at radius 3 is 2.86 bits per heavy atom. The minimum absolute atomic E-state index is 0.0141. The van der Waals surface area contributed by atoms with E-state index in [4.69, 9.17) is 0 Å². The molecule has 1 N–H and O–H groups in total. The van der Waals surface area contributed by atoms with E-state index in [9.17, 15) is 9.90 Å². The minimum atomic E-state index is -0.235. The van der Waals surface area contributed by atoms with E-state index in [-0.39, 0.29) is 17.6 Å². The zero-order chi connectivity index (χ0) is 9.97. The Morgan fingerprint density at radius 2 is 2.21 bits per heavy atom. The van der Waals surface area contributed by atoms with Gasteiger partial charge < -0.3 is 5.11 Å². The number of benzene rings is 1. The molecule has 0 saturated carbocycles. The van der Waals surface area contributed by atoms with Crippen molar-refractivity contribution in [1.29, 1.82) is 0 Å². The number of phenolic OH excluding ortho intramolecular Hbond substituents is 1. The van der Waals surface area contributed by atoms with Crippen LogP contribution in [-0.2, 0) is 4.79 Å². The number of amides is 1. The number of phenols is 1. The summed E-state index contributed by atoms with van der Waals surface area (Å²) in [4.78, 5) is 14.5. The van der Waals surface area contributed by atoms with Gasteiger partial charge in [-0.3, -0.25) is 4.79 Å². The quantitative estimate of drug-likeness (QED) is 0.726. The number of aromatic hydroxyl groups is 1. The zero-order valence-corrected chi connectivity index (χ0v) is 7.42. The van der Waals surface area contributed by atoms with E-state index in [1.807, 2.05) is 6.07 Å². The third-order valence-corrected chi connectivity index (χ3v) is 2.06. The molecule has 3 nitrogen and oxygen atoms in total. The summed E-state index contributed by atoms with van der Waals surface area (Å²) in [5.41, 5.74) is 0.928. The number of carbonyl (C=O) groups is 1. The van der Waals surface area contributed by atoms with Crippen LogP contribution in [0.15, 0.2) is 41.4 Å². The fourth-order valence-corrected chi connectivity index (χ4v) is 1.36. The zero-order valence-electron chi connectivity index (χ0n) is 7.42. The van der Waals surface area contributed by atoms with Crippen molar-refractivity contribution in [2.75, 3.05) is 0 Å². The molecule has 0 bridgehead atoms. The minimum Gasteiger partial charge on any atom is -0.508 e. The first kappa shape index (κ1) is 8.69. The van der Waals surface area contributed by atoms with Gasteiger partial charge in [-0.1, -0.05) is 18.2 Å². The summed E-state index contributed by atoms with van der Waals surface area (Å²) in [6.07, 6.45) is 4.79. The van der Waals surface area contributed by atoms with Crippen molar-refractivity contribution in [3.63, 3.8) is 0 Å². The van der Waals surface area contributed by atoms with Gasteiger partial charge in [-0.15, -0.1) is 0 Å². The van der Waals surface area contributed by atoms with E-state index in [2.05, 4.69) is 4.99 Å². The van der Waals surface area contributed by atoms with E-state index in [0.717, 1.165) is 5.56 Å². The summed E-state index contributed by atoms with van der Waals surface area (Å²) in [6, 6.07) is 6.93. The van der Waals surface area contributed by atoms with E-state index in [1.54, 1.807) is 30.5 Å². The number of nitrogens with zero attached hydrogens (tertiary/aromatic N) is 1. The average molecular weight is 187 g/mol. The molecule has 1 aromatic carbocycles. The molecule has 0 aromatic heterocycles. The lowest BCUT2D eigenvalue weighted by molar-refractivity contribution is -0.113. The summed E-state index contributed by atoms with van der Waals surface area (Å²) in [5.74, 6) is -0.0256. The lowest BCUT2D eigenvalue weighted by Crippen LogP contribution is -2.04. The van der Waals surface area contributed by atoms with Gasteiger partial charge in [0, 0.05) is 18.2 Å². The third kappa shape index (κ3) is 1.71. The van der Waals surface area contributed by atoms with Crippen LogP contribution in [0.4, 0.5) is 0 Å². The van der Waals surface area contributed by atoms with Gasteiger partial charge >= 0.3 is 0 Å². The van der Waals surface area contributed by atoms with Crippen LogP contribution in [0.2, 0.25) is 0 Å². The van der Waals surface area contributed by atoms with Crippen molar-refractivity contribution >= 4 is 12.1 Å². The van der Waals surface area contributed by atoms with Crippen LogP contribution < -0.4 is 0 Å². The molecule has 1 heterocycles. The normalized spacial score (nSPS) is 20.0. The summed E-state index contributed by atoms with van der Waals surface area (Å²) in [5, 5.41) is 9.26. The number of rotatable bonds is 1. The number of hydrogen-bond acceptors (Lipinski definition) is 2. The Hall–Kier alpha value is -1.90. The summed E-state index contributed by atoms with van der Waals surface area (Å²) < 4.78 is 0. The molecule has 3 heteroatoms. The highest BCUT2D eigenvalue weighted by Gasteiger charge is 2.10. The van der Waals surface area contributed by atoms with Gasteiger partial charge in [-0.25, -0.2) is 4.99 Å². The van der Waals surface area contributed by atoms with Gasteiger partial charge in [0.05, 0.1) is 0 Å². The van der Waals surface area contributed by atoms with Crippen molar-refractivity contribution in [2.45, 2.75) is 5.92 Å². The smallest absolute Gasteiger partial charge is 0.269 e. The van der Waals surface area contributed by atoms with Crippen molar-refractivity contribution in [3.05, 3.63) is 42.0 Å². The maximum atomic E-state index is 10.8. The van der Waals surface area contributed by atoms with Crippen LogP contribution in [0.1, 0.15) is 11.5 Å². The Balaban J connectivity index is 2.29. The van der Waals surface area contributed by atoms with Crippen LogP contribution in [-0.4, -0.2) is 17.2 Å². The Bertz CT molecular complexity index is 405. The largest absolute Gasteiger partial charge is 0.508 e. The highest BCUT2D eigenvalue weighted by Crippen LogP contribution is 2.21. The number of hydrogen-bond donors (Lipinski definition) is 1. The predicted molar refractivity (Wildman–Crippen MR) is 53.5 cm³/mol. The first-order valence-corrected chi connectivity index (χ1v) is 4.31. The molecular weight excluding hydrogens is 178 g/mol. The molecule has 2 rings (SSSR count). The molecule has 1 aliphatic rings. The maximum Gasteiger partial charge on any atom is 0.269 e. The molecule has 1 aromatic rings. The molecule has 1 aliphatic heterocycles. The summed E-state index contributed by atoms with van der Waals surface area (Å²) >= 11 is 0. The van der Waals surface area contributed by atoms with Crippen LogP contribution >= 0.6 is 0 Å². The SMILES string of the molecule is O=C1C=CC(c2cccc(O)c2)C=N1. The fourth-order valence-electron chi connectivity index (χ4n) is 1.36. The van der Waals surface area contributed by atoms with E-state index in [1.165, 1.54) is 6.08 Å². The number of dihydropyridines is 1. The molecule has 1 atom stereocenters. The van der Waals surface area contributed by atoms with E-state index in [0.29, 0.717) is 0 Å². The van der Waals surface area contributed by atoms with Gasteiger partial charge in [0.25, 0.3) is 5.91 Å². The predicted octanol–water partition coefficient (Wildman–Crippen LogP) is 1.64. The topological polar surface area (TPSA) is 49.7 Å².